The number of hydrogen-bond acceptors (Lipinski definition) is 5. The summed E-state index contributed by atoms with van der Waals surface area (Å²) in [6.45, 7) is 3.42. The predicted molar refractivity (Wildman–Crippen MR) is 114 cm³/mol. The molecule has 7 nitrogen and oxygen atoms in total. The van der Waals surface area contributed by atoms with Gasteiger partial charge in [-0.25, -0.2) is 4.98 Å². The standard InChI is InChI=1S/C20H21Cl2N5O2/c1-14(28)23-5-6-24-18-3-2-4-20(26-18)29-13-19-25-7-8-27(19)12-15-9-16(21)11-17(22)10-15/h2-4,7-11H,5-6,12-13H2,1H3,(H,23,28)(H,24,26). The van der Waals surface area contributed by atoms with E-state index in [2.05, 4.69) is 20.6 Å². The molecule has 0 aliphatic carbocycles. The van der Waals surface area contributed by atoms with Gasteiger partial charge in [-0.3, -0.25) is 4.79 Å². The third-order valence-electron chi connectivity index (χ3n) is 3.95. The minimum absolute atomic E-state index is 0.0626. The Morgan fingerprint density at radius 3 is 2.72 bits per heavy atom. The van der Waals surface area contributed by atoms with Crippen LogP contribution in [-0.2, 0) is 17.9 Å². The second kappa shape index (κ2) is 10.1. The van der Waals surface area contributed by atoms with Gasteiger partial charge in [0.2, 0.25) is 11.8 Å². The number of ether oxygens (including phenoxy) is 1. The molecule has 9 heteroatoms. The fourth-order valence-corrected chi connectivity index (χ4v) is 3.26. The van der Waals surface area contributed by atoms with Gasteiger partial charge in [0.15, 0.2) is 0 Å². The molecule has 1 amide bonds. The van der Waals surface area contributed by atoms with Gasteiger partial charge in [-0.1, -0.05) is 29.3 Å². The maximum atomic E-state index is 10.9. The van der Waals surface area contributed by atoms with E-state index in [0.717, 1.165) is 11.4 Å². The van der Waals surface area contributed by atoms with Crippen molar-refractivity contribution < 1.29 is 9.53 Å². The number of nitrogens with zero attached hydrogens (tertiary/aromatic N) is 3. The number of hydrogen-bond donors (Lipinski definition) is 2. The SMILES string of the molecule is CC(=O)NCCNc1cccc(OCc2nccn2Cc2cc(Cl)cc(Cl)c2)n1. The molecule has 0 bridgehead atoms. The number of aromatic nitrogens is 3. The number of imidazole rings is 1. The van der Waals surface area contributed by atoms with Crippen LogP contribution in [0.25, 0.3) is 0 Å². The van der Waals surface area contributed by atoms with E-state index in [1.165, 1.54) is 6.92 Å². The first-order valence-corrected chi connectivity index (χ1v) is 9.78. The molecule has 2 N–H and O–H groups in total. The van der Waals surface area contributed by atoms with Gasteiger partial charge >= 0.3 is 0 Å². The average molecular weight is 434 g/mol. The Kier molecular flexibility index (Phi) is 7.32. The van der Waals surface area contributed by atoms with Gasteiger partial charge in [0, 0.05) is 55.1 Å². The molecule has 0 aliphatic heterocycles. The summed E-state index contributed by atoms with van der Waals surface area (Å²) in [6, 6.07) is 10.9. The first-order valence-electron chi connectivity index (χ1n) is 9.03. The van der Waals surface area contributed by atoms with Crippen molar-refractivity contribution in [1.29, 1.82) is 0 Å². The van der Waals surface area contributed by atoms with Crippen molar-refractivity contribution in [1.82, 2.24) is 19.9 Å². The molecule has 3 rings (SSSR count). The van der Waals surface area contributed by atoms with E-state index in [4.69, 9.17) is 27.9 Å². The van der Waals surface area contributed by atoms with Gasteiger partial charge < -0.3 is 19.9 Å². The molecule has 0 saturated heterocycles. The largest absolute Gasteiger partial charge is 0.469 e. The number of nitrogens with one attached hydrogen (secondary N) is 2. The van der Waals surface area contributed by atoms with Gasteiger partial charge in [0.1, 0.15) is 18.2 Å². The second-order valence-electron chi connectivity index (χ2n) is 6.31. The molecule has 0 unspecified atom stereocenters. The minimum atomic E-state index is -0.0626. The van der Waals surface area contributed by atoms with Gasteiger partial charge in [0.25, 0.3) is 0 Å². The van der Waals surface area contributed by atoms with Gasteiger partial charge in [-0.05, 0) is 29.8 Å². The van der Waals surface area contributed by atoms with Crippen molar-refractivity contribution in [2.75, 3.05) is 18.4 Å². The molecule has 0 fully saturated rings. The Morgan fingerprint density at radius 1 is 1.17 bits per heavy atom. The molecule has 0 spiro atoms. The van der Waals surface area contributed by atoms with Crippen LogP contribution in [0.4, 0.5) is 5.82 Å². The van der Waals surface area contributed by atoms with Crippen molar-refractivity contribution in [2.24, 2.45) is 0 Å². The molecular weight excluding hydrogens is 413 g/mol. The lowest BCUT2D eigenvalue weighted by atomic mass is 10.2. The van der Waals surface area contributed by atoms with E-state index >= 15 is 0 Å². The number of rotatable bonds is 9. The Hall–Kier alpha value is -2.77. The molecular formula is C20H21Cl2N5O2. The van der Waals surface area contributed by atoms with Crippen molar-refractivity contribution in [3.8, 4) is 5.88 Å². The zero-order valence-electron chi connectivity index (χ0n) is 15.9. The van der Waals surface area contributed by atoms with Crippen LogP contribution in [0.15, 0.2) is 48.8 Å². The molecule has 0 saturated carbocycles. The predicted octanol–water partition coefficient (Wildman–Crippen LogP) is 3.76. The highest BCUT2D eigenvalue weighted by molar-refractivity contribution is 6.34. The maximum Gasteiger partial charge on any atom is 0.216 e. The summed E-state index contributed by atoms with van der Waals surface area (Å²) in [4.78, 5) is 19.7. The van der Waals surface area contributed by atoms with Crippen molar-refractivity contribution in [3.05, 3.63) is 70.2 Å². The number of amides is 1. The Bertz CT molecular complexity index is 957. The third kappa shape index (κ3) is 6.66. The van der Waals surface area contributed by atoms with Crippen LogP contribution >= 0.6 is 23.2 Å². The fraction of sp³-hybridized carbons (Fsp3) is 0.250. The van der Waals surface area contributed by atoms with E-state index in [-0.39, 0.29) is 12.5 Å². The summed E-state index contributed by atoms with van der Waals surface area (Å²) >= 11 is 12.2. The molecule has 29 heavy (non-hydrogen) atoms. The van der Waals surface area contributed by atoms with Crippen LogP contribution in [0.3, 0.4) is 0 Å². The lowest BCUT2D eigenvalue weighted by molar-refractivity contribution is -0.118. The summed E-state index contributed by atoms with van der Waals surface area (Å²) in [7, 11) is 0. The van der Waals surface area contributed by atoms with Gasteiger partial charge in [-0.2, -0.15) is 4.98 Å². The van der Waals surface area contributed by atoms with E-state index in [1.807, 2.05) is 35.0 Å². The normalized spacial score (nSPS) is 10.6. The zero-order chi connectivity index (χ0) is 20.6. The monoisotopic (exact) mass is 433 g/mol. The van der Waals surface area contributed by atoms with Crippen molar-refractivity contribution in [3.63, 3.8) is 0 Å². The quantitative estimate of drug-likeness (QED) is 0.502. The summed E-state index contributed by atoms with van der Waals surface area (Å²) in [5.41, 5.74) is 0.977. The van der Waals surface area contributed by atoms with Crippen molar-refractivity contribution >= 4 is 34.9 Å². The van der Waals surface area contributed by atoms with E-state index in [9.17, 15) is 4.79 Å². The number of pyridine rings is 1. The van der Waals surface area contributed by atoms with Gasteiger partial charge in [-0.15, -0.1) is 0 Å². The molecule has 0 atom stereocenters. The highest BCUT2D eigenvalue weighted by atomic mass is 35.5. The number of halogens is 2. The average Bonchev–Trinajstić information content (AvgIpc) is 3.10. The summed E-state index contributed by atoms with van der Waals surface area (Å²) in [5.74, 6) is 1.85. The first kappa shape index (κ1) is 21.0. The third-order valence-corrected chi connectivity index (χ3v) is 4.39. The highest BCUT2D eigenvalue weighted by Gasteiger charge is 2.07. The molecule has 3 aromatic rings. The Labute approximate surface area is 179 Å². The molecule has 0 aliphatic rings. The topological polar surface area (TPSA) is 81.1 Å². The van der Waals surface area contributed by atoms with Crippen LogP contribution in [0.2, 0.25) is 10.0 Å². The summed E-state index contributed by atoms with van der Waals surface area (Å²) in [6.07, 6.45) is 3.60. The lowest BCUT2D eigenvalue weighted by Crippen LogP contribution is -2.26. The number of benzene rings is 1. The van der Waals surface area contributed by atoms with E-state index < -0.39 is 0 Å². The minimum Gasteiger partial charge on any atom is -0.469 e. The van der Waals surface area contributed by atoms with E-state index in [1.54, 1.807) is 18.3 Å². The molecule has 0 radical (unpaired) electrons. The molecule has 1 aromatic carbocycles. The smallest absolute Gasteiger partial charge is 0.216 e. The second-order valence-corrected chi connectivity index (χ2v) is 7.18. The molecule has 2 aromatic heterocycles. The Balaban J connectivity index is 1.57. The van der Waals surface area contributed by atoms with Crippen LogP contribution < -0.4 is 15.4 Å². The van der Waals surface area contributed by atoms with E-state index in [0.29, 0.717) is 41.4 Å². The summed E-state index contributed by atoms with van der Waals surface area (Å²) in [5, 5.41) is 7.05. The zero-order valence-corrected chi connectivity index (χ0v) is 17.4. The summed E-state index contributed by atoms with van der Waals surface area (Å²) < 4.78 is 7.77. The highest BCUT2D eigenvalue weighted by Crippen LogP contribution is 2.20. The number of carbonyl (C=O) groups is 1. The van der Waals surface area contributed by atoms with Crippen LogP contribution in [0.5, 0.6) is 5.88 Å². The first-order chi connectivity index (χ1) is 14.0. The number of anilines is 1. The maximum absolute atomic E-state index is 10.9. The van der Waals surface area contributed by atoms with Crippen LogP contribution in [0, 0.1) is 0 Å². The fourth-order valence-electron chi connectivity index (χ4n) is 2.68. The molecule has 2 heterocycles. The van der Waals surface area contributed by atoms with Crippen molar-refractivity contribution in [2.45, 2.75) is 20.1 Å². The molecule has 152 valence electrons. The number of carbonyl (C=O) groups excluding carboxylic acids is 1. The lowest BCUT2D eigenvalue weighted by Gasteiger charge is -2.11. The van der Waals surface area contributed by atoms with Crippen LogP contribution in [-0.4, -0.2) is 33.5 Å². The van der Waals surface area contributed by atoms with Crippen LogP contribution in [0.1, 0.15) is 18.3 Å². The van der Waals surface area contributed by atoms with Gasteiger partial charge in [0.05, 0.1) is 0 Å². The Morgan fingerprint density at radius 2 is 1.97 bits per heavy atom.